The van der Waals surface area contributed by atoms with Crippen LogP contribution in [-0.4, -0.2) is 39.7 Å². The first kappa shape index (κ1) is 14.4. The largest absolute Gasteiger partial charge is 0.486 e. The number of hydrogen-bond donors (Lipinski definition) is 1. The van der Waals surface area contributed by atoms with E-state index in [0.717, 1.165) is 51.6 Å². The summed E-state index contributed by atoms with van der Waals surface area (Å²) < 4.78 is 13.0. The van der Waals surface area contributed by atoms with Crippen molar-refractivity contribution in [3.05, 3.63) is 11.9 Å². The number of ether oxygens (including phenoxy) is 2. The zero-order valence-electron chi connectivity index (χ0n) is 12.2. The lowest BCUT2D eigenvalue weighted by molar-refractivity contribution is 0.00323. The lowest BCUT2D eigenvalue weighted by atomic mass is 10.1. The third-order valence-corrected chi connectivity index (χ3v) is 4.25. The second-order valence-corrected chi connectivity index (χ2v) is 5.86. The number of aromatic carboxylic acids is 1. The SMILES string of the molecule is O=C(O)c1c(OC2CCCC2)cnn1CC1CCCCO1. The molecule has 2 heterocycles. The number of carboxylic acid groups (broad SMARTS) is 1. The van der Waals surface area contributed by atoms with E-state index in [2.05, 4.69) is 5.10 Å². The van der Waals surface area contributed by atoms with Crippen molar-refractivity contribution in [3.63, 3.8) is 0 Å². The van der Waals surface area contributed by atoms with Gasteiger partial charge in [-0.05, 0) is 44.9 Å². The van der Waals surface area contributed by atoms with Crippen LogP contribution in [0.15, 0.2) is 6.20 Å². The van der Waals surface area contributed by atoms with Gasteiger partial charge < -0.3 is 14.6 Å². The molecule has 1 saturated heterocycles. The van der Waals surface area contributed by atoms with Crippen LogP contribution in [0.1, 0.15) is 55.4 Å². The Hall–Kier alpha value is -1.56. The molecule has 0 aromatic carbocycles. The predicted octanol–water partition coefficient (Wildman–Crippen LogP) is 2.47. The van der Waals surface area contributed by atoms with E-state index in [1.165, 1.54) is 10.9 Å². The molecule has 1 aliphatic heterocycles. The van der Waals surface area contributed by atoms with E-state index in [4.69, 9.17) is 9.47 Å². The molecule has 6 nitrogen and oxygen atoms in total. The Balaban J connectivity index is 1.73. The van der Waals surface area contributed by atoms with Gasteiger partial charge in [0, 0.05) is 6.61 Å². The van der Waals surface area contributed by atoms with Gasteiger partial charge in [0.15, 0.2) is 11.4 Å². The Morgan fingerprint density at radius 2 is 2.10 bits per heavy atom. The first-order valence-electron chi connectivity index (χ1n) is 7.81. The summed E-state index contributed by atoms with van der Waals surface area (Å²) in [4.78, 5) is 11.5. The summed E-state index contributed by atoms with van der Waals surface area (Å²) >= 11 is 0. The van der Waals surface area contributed by atoms with Crippen LogP contribution in [0.5, 0.6) is 5.75 Å². The molecule has 1 aromatic heterocycles. The Morgan fingerprint density at radius 3 is 2.76 bits per heavy atom. The van der Waals surface area contributed by atoms with Crippen LogP contribution in [0, 0.1) is 0 Å². The third kappa shape index (κ3) is 3.37. The van der Waals surface area contributed by atoms with Crippen molar-refractivity contribution in [3.8, 4) is 5.75 Å². The number of nitrogens with zero attached hydrogens (tertiary/aromatic N) is 2. The van der Waals surface area contributed by atoms with E-state index in [1.807, 2.05) is 0 Å². The van der Waals surface area contributed by atoms with E-state index >= 15 is 0 Å². The Kier molecular flexibility index (Phi) is 4.43. The van der Waals surface area contributed by atoms with Gasteiger partial charge in [0.05, 0.1) is 24.9 Å². The van der Waals surface area contributed by atoms with E-state index in [0.29, 0.717) is 12.3 Å². The molecule has 1 aliphatic carbocycles. The minimum absolute atomic E-state index is 0.0519. The van der Waals surface area contributed by atoms with Crippen LogP contribution in [0.4, 0.5) is 0 Å². The fourth-order valence-corrected chi connectivity index (χ4v) is 3.14. The highest BCUT2D eigenvalue weighted by molar-refractivity contribution is 5.88. The minimum atomic E-state index is -0.990. The van der Waals surface area contributed by atoms with Crippen molar-refractivity contribution in [2.24, 2.45) is 0 Å². The molecule has 1 unspecified atom stereocenters. The molecule has 116 valence electrons. The average molecular weight is 294 g/mol. The highest BCUT2D eigenvalue weighted by atomic mass is 16.5. The van der Waals surface area contributed by atoms with Gasteiger partial charge in [-0.2, -0.15) is 5.10 Å². The molecule has 0 radical (unpaired) electrons. The van der Waals surface area contributed by atoms with Gasteiger partial charge in [-0.1, -0.05) is 0 Å². The summed E-state index contributed by atoms with van der Waals surface area (Å²) in [5.41, 5.74) is 0.149. The number of rotatable bonds is 5. The Morgan fingerprint density at radius 1 is 1.33 bits per heavy atom. The third-order valence-electron chi connectivity index (χ3n) is 4.25. The monoisotopic (exact) mass is 294 g/mol. The number of carboxylic acids is 1. The fraction of sp³-hybridized carbons (Fsp3) is 0.733. The summed E-state index contributed by atoms with van der Waals surface area (Å²) in [6.45, 7) is 1.23. The van der Waals surface area contributed by atoms with Gasteiger partial charge in [0.1, 0.15) is 0 Å². The molecule has 2 aliphatic rings. The van der Waals surface area contributed by atoms with E-state index in [-0.39, 0.29) is 17.9 Å². The average Bonchev–Trinajstić information content (AvgIpc) is 3.11. The van der Waals surface area contributed by atoms with Crippen molar-refractivity contribution in [2.45, 2.75) is 63.7 Å². The van der Waals surface area contributed by atoms with Crippen molar-refractivity contribution in [1.82, 2.24) is 9.78 Å². The molecule has 1 N–H and O–H groups in total. The molecule has 1 aromatic rings. The van der Waals surface area contributed by atoms with Crippen LogP contribution in [0.3, 0.4) is 0 Å². The maximum absolute atomic E-state index is 11.5. The van der Waals surface area contributed by atoms with Gasteiger partial charge in [-0.25, -0.2) is 4.79 Å². The number of carbonyl (C=O) groups is 1. The van der Waals surface area contributed by atoms with Gasteiger partial charge in [0.2, 0.25) is 0 Å². The smallest absolute Gasteiger partial charge is 0.358 e. The highest BCUT2D eigenvalue weighted by Crippen LogP contribution is 2.27. The predicted molar refractivity (Wildman–Crippen MR) is 75.7 cm³/mol. The van der Waals surface area contributed by atoms with Crippen LogP contribution >= 0.6 is 0 Å². The van der Waals surface area contributed by atoms with Crippen LogP contribution in [-0.2, 0) is 11.3 Å². The molecule has 0 amide bonds. The van der Waals surface area contributed by atoms with Crippen molar-refractivity contribution in [2.75, 3.05) is 6.61 Å². The van der Waals surface area contributed by atoms with Crippen LogP contribution < -0.4 is 4.74 Å². The molecule has 1 saturated carbocycles. The zero-order chi connectivity index (χ0) is 14.7. The summed E-state index contributed by atoms with van der Waals surface area (Å²) in [5, 5.41) is 13.7. The summed E-state index contributed by atoms with van der Waals surface area (Å²) in [5.74, 6) is -0.596. The second-order valence-electron chi connectivity index (χ2n) is 5.86. The van der Waals surface area contributed by atoms with Crippen molar-refractivity contribution < 1.29 is 19.4 Å². The summed E-state index contributed by atoms with van der Waals surface area (Å²) in [6, 6.07) is 0. The quantitative estimate of drug-likeness (QED) is 0.903. The molecule has 2 fully saturated rings. The second kappa shape index (κ2) is 6.47. The van der Waals surface area contributed by atoms with Crippen LogP contribution in [0.25, 0.3) is 0 Å². The van der Waals surface area contributed by atoms with E-state index in [1.54, 1.807) is 0 Å². The molecular weight excluding hydrogens is 272 g/mol. The lowest BCUT2D eigenvalue weighted by Crippen LogP contribution is -2.27. The van der Waals surface area contributed by atoms with Gasteiger partial charge >= 0.3 is 5.97 Å². The highest BCUT2D eigenvalue weighted by Gasteiger charge is 2.25. The minimum Gasteiger partial charge on any atom is -0.486 e. The van der Waals surface area contributed by atoms with Crippen LogP contribution in [0.2, 0.25) is 0 Å². The Labute approximate surface area is 124 Å². The molecule has 1 atom stereocenters. The number of hydrogen-bond acceptors (Lipinski definition) is 4. The van der Waals surface area contributed by atoms with Gasteiger partial charge in [-0.3, -0.25) is 4.68 Å². The number of aromatic nitrogens is 2. The topological polar surface area (TPSA) is 73.6 Å². The summed E-state index contributed by atoms with van der Waals surface area (Å²) in [6.07, 6.45) is 9.17. The first-order chi connectivity index (χ1) is 10.2. The molecular formula is C15H22N2O4. The van der Waals surface area contributed by atoms with Gasteiger partial charge in [0.25, 0.3) is 0 Å². The normalized spacial score (nSPS) is 23.3. The summed E-state index contributed by atoms with van der Waals surface area (Å²) in [7, 11) is 0. The van der Waals surface area contributed by atoms with Gasteiger partial charge in [-0.15, -0.1) is 0 Å². The standard InChI is InChI=1S/C15H22N2O4/c18-15(19)14-13(21-11-5-1-2-6-11)9-16-17(14)10-12-7-3-4-8-20-12/h9,11-12H,1-8,10H2,(H,18,19). The molecule has 3 rings (SSSR count). The molecule has 6 heteroatoms. The first-order valence-corrected chi connectivity index (χ1v) is 7.81. The molecule has 21 heavy (non-hydrogen) atoms. The zero-order valence-corrected chi connectivity index (χ0v) is 12.2. The maximum atomic E-state index is 11.5. The molecule has 0 bridgehead atoms. The van der Waals surface area contributed by atoms with Crippen molar-refractivity contribution >= 4 is 5.97 Å². The fourth-order valence-electron chi connectivity index (χ4n) is 3.14. The molecule has 0 spiro atoms. The maximum Gasteiger partial charge on any atom is 0.358 e. The van der Waals surface area contributed by atoms with E-state index in [9.17, 15) is 9.90 Å². The van der Waals surface area contributed by atoms with E-state index < -0.39 is 5.97 Å². The lowest BCUT2D eigenvalue weighted by Gasteiger charge is -2.22. The Bertz CT molecular complexity index is 488. The van der Waals surface area contributed by atoms with Crippen molar-refractivity contribution in [1.29, 1.82) is 0 Å².